The van der Waals surface area contributed by atoms with Gasteiger partial charge in [-0.2, -0.15) is 0 Å². The molecular weight excluding hydrogens is 176 g/mol. The van der Waals surface area contributed by atoms with Gasteiger partial charge < -0.3 is 4.74 Å². The fraction of sp³-hybridized carbons (Fsp3) is 0.250. The van der Waals surface area contributed by atoms with Crippen LogP contribution in [0, 0.1) is 0 Å². The van der Waals surface area contributed by atoms with Crippen molar-refractivity contribution in [2.75, 3.05) is 0 Å². The summed E-state index contributed by atoms with van der Waals surface area (Å²) < 4.78 is 4.82. The SMILES string of the molecule is C=CC(=O)OCc1ccccc1.CC. The molecule has 0 radical (unpaired) electrons. The van der Waals surface area contributed by atoms with Gasteiger partial charge in [-0.3, -0.25) is 0 Å². The van der Waals surface area contributed by atoms with E-state index < -0.39 is 0 Å². The first kappa shape index (κ1) is 12.4. The predicted octanol–water partition coefficient (Wildman–Crippen LogP) is 2.94. The maximum Gasteiger partial charge on any atom is 0.330 e. The van der Waals surface area contributed by atoms with E-state index in [1.807, 2.05) is 44.2 Å². The van der Waals surface area contributed by atoms with E-state index in [1.165, 1.54) is 0 Å². The summed E-state index contributed by atoms with van der Waals surface area (Å²) in [6.45, 7) is 7.61. The highest BCUT2D eigenvalue weighted by molar-refractivity contribution is 5.81. The molecule has 14 heavy (non-hydrogen) atoms. The standard InChI is InChI=1S/C10H10O2.C2H6/c1-2-10(11)12-8-9-6-4-3-5-7-9;1-2/h2-7H,1,8H2;1-2H3. The second kappa shape index (κ2) is 8.05. The van der Waals surface area contributed by atoms with Gasteiger partial charge in [0.05, 0.1) is 0 Å². The van der Waals surface area contributed by atoms with Crippen molar-refractivity contribution in [2.24, 2.45) is 0 Å². The summed E-state index contributed by atoms with van der Waals surface area (Å²) >= 11 is 0. The molecule has 76 valence electrons. The van der Waals surface area contributed by atoms with Gasteiger partial charge in [-0.05, 0) is 5.56 Å². The zero-order valence-electron chi connectivity index (χ0n) is 8.69. The lowest BCUT2D eigenvalue weighted by Gasteiger charge is -2.00. The van der Waals surface area contributed by atoms with Gasteiger partial charge >= 0.3 is 5.97 Å². The zero-order chi connectivity index (χ0) is 10.8. The molecule has 0 saturated carbocycles. The lowest BCUT2D eigenvalue weighted by atomic mass is 10.2. The Bertz CT molecular complexity index is 265. The molecule has 0 aliphatic heterocycles. The Hall–Kier alpha value is -1.57. The summed E-state index contributed by atoms with van der Waals surface area (Å²) in [5.74, 6) is -0.390. The van der Waals surface area contributed by atoms with Crippen molar-refractivity contribution in [2.45, 2.75) is 20.5 Å². The summed E-state index contributed by atoms with van der Waals surface area (Å²) in [5, 5.41) is 0. The molecule has 0 fully saturated rings. The Morgan fingerprint density at radius 2 is 1.93 bits per heavy atom. The third-order valence-electron chi connectivity index (χ3n) is 1.39. The molecule has 0 aromatic heterocycles. The fourth-order valence-electron chi connectivity index (χ4n) is 0.788. The summed E-state index contributed by atoms with van der Waals surface area (Å²) in [5.41, 5.74) is 0.979. The van der Waals surface area contributed by atoms with Gasteiger partial charge in [0, 0.05) is 6.08 Å². The van der Waals surface area contributed by atoms with E-state index in [0.717, 1.165) is 11.6 Å². The molecule has 0 unspecified atom stereocenters. The average molecular weight is 192 g/mol. The smallest absolute Gasteiger partial charge is 0.330 e. The first-order valence-corrected chi connectivity index (χ1v) is 4.66. The Kier molecular flexibility index (Phi) is 7.15. The second-order valence-corrected chi connectivity index (χ2v) is 2.30. The van der Waals surface area contributed by atoms with E-state index in [2.05, 4.69) is 6.58 Å². The van der Waals surface area contributed by atoms with Crippen LogP contribution in [0.2, 0.25) is 0 Å². The zero-order valence-corrected chi connectivity index (χ0v) is 8.69. The monoisotopic (exact) mass is 192 g/mol. The van der Waals surface area contributed by atoms with E-state index in [-0.39, 0.29) is 5.97 Å². The van der Waals surface area contributed by atoms with Gasteiger partial charge in [0.15, 0.2) is 0 Å². The minimum atomic E-state index is -0.390. The highest BCUT2D eigenvalue weighted by Crippen LogP contribution is 2.00. The molecule has 0 spiro atoms. The van der Waals surface area contributed by atoms with E-state index in [0.29, 0.717) is 6.61 Å². The number of carbonyl (C=O) groups is 1. The van der Waals surface area contributed by atoms with E-state index >= 15 is 0 Å². The third kappa shape index (κ3) is 5.14. The molecule has 2 nitrogen and oxygen atoms in total. The number of ether oxygens (including phenoxy) is 1. The maximum absolute atomic E-state index is 10.6. The molecule has 0 saturated heterocycles. The van der Waals surface area contributed by atoms with Gasteiger partial charge in [-0.1, -0.05) is 50.8 Å². The number of esters is 1. The molecular formula is C12H16O2. The second-order valence-electron chi connectivity index (χ2n) is 2.30. The normalized spacial score (nSPS) is 8.14. The minimum Gasteiger partial charge on any atom is -0.458 e. The average Bonchev–Trinajstić information content (AvgIpc) is 2.30. The van der Waals surface area contributed by atoms with Gasteiger partial charge in [-0.25, -0.2) is 4.79 Å². The highest BCUT2D eigenvalue weighted by atomic mass is 16.5. The van der Waals surface area contributed by atoms with Crippen molar-refractivity contribution in [3.8, 4) is 0 Å². The van der Waals surface area contributed by atoms with Crippen LogP contribution in [0.4, 0.5) is 0 Å². The van der Waals surface area contributed by atoms with Crippen molar-refractivity contribution in [1.82, 2.24) is 0 Å². The molecule has 0 aliphatic rings. The van der Waals surface area contributed by atoms with Crippen LogP contribution in [0.25, 0.3) is 0 Å². The van der Waals surface area contributed by atoms with Crippen LogP contribution in [-0.4, -0.2) is 5.97 Å². The molecule has 0 heterocycles. The summed E-state index contributed by atoms with van der Waals surface area (Å²) in [6, 6.07) is 9.51. The molecule has 0 atom stereocenters. The van der Waals surface area contributed by atoms with Crippen molar-refractivity contribution >= 4 is 5.97 Å². The predicted molar refractivity (Wildman–Crippen MR) is 57.8 cm³/mol. The molecule has 0 N–H and O–H groups in total. The van der Waals surface area contributed by atoms with Crippen LogP contribution < -0.4 is 0 Å². The Morgan fingerprint density at radius 3 is 2.43 bits per heavy atom. The molecule has 2 heteroatoms. The van der Waals surface area contributed by atoms with E-state index in [1.54, 1.807) is 0 Å². The fourth-order valence-corrected chi connectivity index (χ4v) is 0.788. The van der Waals surface area contributed by atoms with Crippen LogP contribution in [0.15, 0.2) is 43.0 Å². The molecule has 1 aromatic rings. The van der Waals surface area contributed by atoms with Crippen LogP contribution in [-0.2, 0) is 16.1 Å². The summed E-state index contributed by atoms with van der Waals surface area (Å²) in [4.78, 5) is 10.6. The topological polar surface area (TPSA) is 26.3 Å². The molecule has 1 rings (SSSR count). The van der Waals surface area contributed by atoms with Crippen molar-refractivity contribution < 1.29 is 9.53 Å². The number of carbonyl (C=O) groups excluding carboxylic acids is 1. The Morgan fingerprint density at radius 1 is 1.36 bits per heavy atom. The summed E-state index contributed by atoms with van der Waals surface area (Å²) in [6.07, 6.45) is 1.16. The lowest BCUT2D eigenvalue weighted by Crippen LogP contribution is -1.99. The Labute approximate surface area is 85.2 Å². The minimum absolute atomic E-state index is 0.311. The van der Waals surface area contributed by atoms with Crippen molar-refractivity contribution in [3.05, 3.63) is 48.6 Å². The van der Waals surface area contributed by atoms with Gasteiger partial charge in [0.2, 0.25) is 0 Å². The van der Waals surface area contributed by atoms with Crippen molar-refractivity contribution in [3.63, 3.8) is 0 Å². The van der Waals surface area contributed by atoms with Crippen molar-refractivity contribution in [1.29, 1.82) is 0 Å². The first-order chi connectivity index (χ1) is 6.83. The highest BCUT2D eigenvalue weighted by Gasteiger charge is 1.95. The van der Waals surface area contributed by atoms with E-state index in [4.69, 9.17) is 4.74 Å². The summed E-state index contributed by atoms with van der Waals surface area (Å²) in [7, 11) is 0. The molecule has 0 aliphatic carbocycles. The van der Waals surface area contributed by atoms with Gasteiger partial charge in [0.25, 0.3) is 0 Å². The molecule has 0 amide bonds. The first-order valence-electron chi connectivity index (χ1n) is 4.66. The van der Waals surface area contributed by atoms with Crippen LogP contribution >= 0.6 is 0 Å². The van der Waals surface area contributed by atoms with Crippen LogP contribution in [0.1, 0.15) is 19.4 Å². The number of benzene rings is 1. The largest absolute Gasteiger partial charge is 0.458 e. The lowest BCUT2D eigenvalue weighted by molar-refractivity contribution is -0.138. The number of hydrogen-bond acceptors (Lipinski definition) is 2. The van der Waals surface area contributed by atoms with Gasteiger partial charge in [-0.15, -0.1) is 0 Å². The quantitative estimate of drug-likeness (QED) is 0.543. The van der Waals surface area contributed by atoms with E-state index in [9.17, 15) is 4.79 Å². The van der Waals surface area contributed by atoms with Crippen LogP contribution in [0.3, 0.4) is 0 Å². The van der Waals surface area contributed by atoms with Gasteiger partial charge in [0.1, 0.15) is 6.61 Å². The molecule has 1 aromatic carbocycles. The third-order valence-corrected chi connectivity index (χ3v) is 1.39. The molecule has 0 bridgehead atoms. The number of rotatable bonds is 3. The van der Waals surface area contributed by atoms with Crippen LogP contribution in [0.5, 0.6) is 0 Å². The Balaban J connectivity index is 0.000000791. The maximum atomic E-state index is 10.6. The number of hydrogen-bond donors (Lipinski definition) is 0.